The van der Waals surface area contributed by atoms with E-state index in [1.165, 1.54) is 12.1 Å². The number of hydrogen-bond donors (Lipinski definition) is 1. The molecule has 20 heavy (non-hydrogen) atoms. The number of halogens is 3. The van der Waals surface area contributed by atoms with E-state index in [1.54, 1.807) is 0 Å². The van der Waals surface area contributed by atoms with Crippen LogP contribution in [0.5, 0.6) is 0 Å². The first kappa shape index (κ1) is 14.9. The van der Waals surface area contributed by atoms with Crippen molar-refractivity contribution in [2.75, 3.05) is 0 Å². The van der Waals surface area contributed by atoms with Gasteiger partial charge in [-0.15, -0.1) is 0 Å². The van der Waals surface area contributed by atoms with Crippen molar-refractivity contribution >= 4 is 5.91 Å². The molecule has 0 radical (unpaired) electrons. The standard InChI is InChI=1S/C15H18F3NO/c1-10-5-2-3-8-13(10)19-14(20)11-6-4-7-12(9-11)15(16,17)18/h4,6-7,9-10,13H,2-3,5,8H2,1H3,(H,19,20). The molecule has 0 bridgehead atoms. The second-order valence-electron chi connectivity index (χ2n) is 5.42. The number of carbonyl (C=O) groups is 1. The van der Waals surface area contributed by atoms with Gasteiger partial charge in [0.1, 0.15) is 0 Å². The smallest absolute Gasteiger partial charge is 0.349 e. The molecule has 1 saturated carbocycles. The first-order valence-electron chi connectivity index (χ1n) is 6.86. The molecule has 0 saturated heterocycles. The summed E-state index contributed by atoms with van der Waals surface area (Å²) in [6.45, 7) is 2.07. The molecule has 2 rings (SSSR count). The highest BCUT2D eigenvalue weighted by atomic mass is 19.4. The summed E-state index contributed by atoms with van der Waals surface area (Å²) in [7, 11) is 0. The van der Waals surface area contributed by atoms with Gasteiger partial charge in [0.2, 0.25) is 0 Å². The van der Waals surface area contributed by atoms with Crippen LogP contribution < -0.4 is 5.32 Å². The molecule has 1 fully saturated rings. The fraction of sp³-hybridized carbons (Fsp3) is 0.533. The lowest BCUT2D eigenvalue weighted by atomic mass is 9.86. The Hall–Kier alpha value is -1.52. The summed E-state index contributed by atoms with van der Waals surface area (Å²) in [4.78, 5) is 12.1. The number of amides is 1. The first-order valence-corrected chi connectivity index (χ1v) is 6.86. The van der Waals surface area contributed by atoms with Gasteiger partial charge in [-0.2, -0.15) is 13.2 Å². The summed E-state index contributed by atoms with van der Waals surface area (Å²) in [5.74, 6) is -0.0478. The molecule has 110 valence electrons. The molecule has 1 aliphatic rings. The maximum Gasteiger partial charge on any atom is 0.416 e. The van der Waals surface area contributed by atoms with Gasteiger partial charge in [-0.1, -0.05) is 25.8 Å². The quantitative estimate of drug-likeness (QED) is 0.874. The van der Waals surface area contributed by atoms with E-state index in [-0.39, 0.29) is 11.6 Å². The van der Waals surface area contributed by atoms with Crippen LogP contribution in [0, 0.1) is 5.92 Å². The second kappa shape index (κ2) is 5.85. The SMILES string of the molecule is CC1CCCCC1NC(=O)c1cccc(C(F)(F)F)c1. The number of alkyl halides is 3. The Morgan fingerprint density at radius 2 is 1.95 bits per heavy atom. The highest BCUT2D eigenvalue weighted by Crippen LogP contribution is 2.30. The van der Waals surface area contributed by atoms with Crippen LogP contribution in [0.2, 0.25) is 0 Å². The Morgan fingerprint density at radius 3 is 2.60 bits per heavy atom. The van der Waals surface area contributed by atoms with E-state index in [2.05, 4.69) is 12.2 Å². The van der Waals surface area contributed by atoms with Crippen molar-refractivity contribution in [2.24, 2.45) is 5.92 Å². The van der Waals surface area contributed by atoms with Gasteiger partial charge in [-0.25, -0.2) is 0 Å². The van der Waals surface area contributed by atoms with Crippen molar-refractivity contribution in [3.8, 4) is 0 Å². The van der Waals surface area contributed by atoms with E-state index < -0.39 is 17.6 Å². The van der Waals surface area contributed by atoms with E-state index in [0.29, 0.717) is 5.92 Å². The zero-order valence-electron chi connectivity index (χ0n) is 11.3. The Morgan fingerprint density at radius 1 is 1.25 bits per heavy atom. The third-order valence-corrected chi connectivity index (χ3v) is 3.88. The number of rotatable bonds is 2. The molecule has 1 aromatic carbocycles. The predicted molar refractivity (Wildman–Crippen MR) is 70.3 cm³/mol. The van der Waals surface area contributed by atoms with Crippen LogP contribution in [0.1, 0.15) is 48.5 Å². The van der Waals surface area contributed by atoms with Gasteiger partial charge in [0.25, 0.3) is 5.91 Å². The molecule has 2 nitrogen and oxygen atoms in total. The lowest BCUT2D eigenvalue weighted by molar-refractivity contribution is -0.137. The lowest BCUT2D eigenvalue weighted by Gasteiger charge is -2.29. The monoisotopic (exact) mass is 285 g/mol. The second-order valence-corrected chi connectivity index (χ2v) is 5.42. The molecule has 1 aliphatic carbocycles. The molecule has 0 aromatic heterocycles. The van der Waals surface area contributed by atoms with Gasteiger partial charge >= 0.3 is 6.18 Å². The van der Waals surface area contributed by atoms with Crippen LogP contribution in [0.25, 0.3) is 0 Å². The minimum atomic E-state index is -4.42. The van der Waals surface area contributed by atoms with Gasteiger partial charge < -0.3 is 5.32 Å². The molecule has 0 heterocycles. The van der Waals surface area contributed by atoms with E-state index in [9.17, 15) is 18.0 Å². The van der Waals surface area contributed by atoms with Crippen molar-refractivity contribution in [1.82, 2.24) is 5.32 Å². The maximum atomic E-state index is 12.6. The van der Waals surface area contributed by atoms with E-state index in [1.807, 2.05) is 0 Å². The van der Waals surface area contributed by atoms with Gasteiger partial charge in [-0.05, 0) is 37.0 Å². The highest BCUT2D eigenvalue weighted by Gasteiger charge is 2.31. The summed E-state index contributed by atoms with van der Waals surface area (Å²) in [6, 6.07) is 4.62. The van der Waals surface area contributed by atoms with Crippen molar-refractivity contribution in [1.29, 1.82) is 0 Å². The summed E-state index contributed by atoms with van der Waals surface area (Å²) in [5.41, 5.74) is -0.723. The predicted octanol–water partition coefficient (Wildman–Crippen LogP) is 4.01. The van der Waals surface area contributed by atoms with Crippen LogP contribution in [0.15, 0.2) is 24.3 Å². The van der Waals surface area contributed by atoms with Crippen molar-refractivity contribution in [2.45, 2.75) is 44.8 Å². The minimum absolute atomic E-state index is 0.0609. The van der Waals surface area contributed by atoms with Crippen LogP contribution in [-0.2, 0) is 6.18 Å². The fourth-order valence-electron chi connectivity index (χ4n) is 2.62. The number of carbonyl (C=O) groups excluding carboxylic acids is 1. The average Bonchev–Trinajstić information content (AvgIpc) is 2.40. The van der Waals surface area contributed by atoms with E-state index >= 15 is 0 Å². The van der Waals surface area contributed by atoms with Crippen molar-refractivity contribution < 1.29 is 18.0 Å². The first-order chi connectivity index (χ1) is 9.38. The average molecular weight is 285 g/mol. The van der Waals surface area contributed by atoms with Gasteiger partial charge in [0, 0.05) is 11.6 Å². The third kappa shape index (κ3) is 3.52. The molecule has 0 aliphatic heterocycles. The summed E-state index contributed by atoms with van der Waals surface area (Å²) in [5, 5.41) is 2.86. The van der Waals surface area contributed by atoms with Gasteiger partial charge in [0.15, 0.2) is 0 Å². The molecule has 2 unspecified atom stereocenters. The summed E-state index contributed by atoms with van der Waals surface area (Å²) < 4.78 is 37.9. The molecule has 1 aromatic rings. The largest absolute Gasteiger partial charge is 0.416 e. The third-order valence-electron chi connectivity index (χ3n) is 3.88. The zero-order chi connectivity index (χ0) is 14.8. The molecule has 1 N–H and O–H groups in total. The number of nitrogens with one attached hydrogen (secondary N) is 1. The Kier molecular flexibility index (Phi) is 4.35. The van der Waals surface area contributed by atoms with Gasteiger partial charge in [0.05, 0.1) is 5.56 Å². The minimum Gasteiger partial charge on any atom is -0.349 e. The van der Waals surface area contributed by atoms with Crippen LogP contribution in [0.4, 0.5) is 13.2 Å². The Balaban J connectivity index is 2.09. The summed E-state index contributed by atoms with van der Waals surface area (Å²) >= 11 is 0. The molecule has 5 heteroatoms. The van der Waals surface area contributed by atoms with E-state index in [4.69, 9.17) is 0 Å². The van der Waals surface area contributed by atoms with Crippen molar-refractivity contribution in [3.63, 3.8) is 0 Å². The lowest BCUT2D eigenvalue weighted by Crippen LogP contribution is -2.41. The molecule has 1 amide bonds. The fourth-order valence-corrected chi connectivity index (χ4v) is 2.62. The Bertz CT molecular complexity index is 484. The van der Waals surface area contributed by atoms with E-state index in [0.717, 1.165) is 37.8 Å². The molecule has 2 atom stereocenters. The molecule has 0 spiro atoms. The van der Waals surface area contributed by atoms with Crippen LogP contribution in [0.3, 0.4) is 0 Å². The molecular formula is C15H18F3NO. The zero-order valence-corrected chi connectivity index (χ0v) is 11.3. The highest BCUT2D eigenvalue weighted by molar-refractivity contribution is 5.94. The van der Waals surface area contributed by atoms with Crippen LogP contribution >= 0.6 is 0 Å². The molecular weight excluding hydrogens is 267 g/mol. The number of hydrogen-bond acceptors (Lipinski definition) is 1. The normalized spacial score (nSPS) is 23.4. The van der Waals surface area contributed by atoms with Gasteiger partial charge in [-0.3, -0.25) is 4.79 Å². The Labute approximate surface area is 116 Å². The van der Waals surface area contributed by atoms with Crippen molar-refractivity contribution in [3.05, 3.63) is 35.4 Å². The summed E-state index contributed by atoms with van der Waals surface area (Å²) in [6.07, 6.45) is -0.275. The maximum absolute atomic E-state index is 12.6. The van der Waals surface area contributed by atoms with Crippen LogP contribution in [-0.4, -0.2) is 11.9 Å². The number of benzene rings is 1. The topological polar surface area (TPSA) is 29.1 Å².